The van der Waals surface area contributed by atoms with Crippen molar-refractivity contribution in [2.45, 2.75) is 71.0 Å². The Hall–Kier alpha value is -2.97. The van der Waals surface area contributed by atoms with Crippen LogP contribution in [0, 0.1) is 6.92 Å². The van der Waals surface area contributed by atoms with Gasteiger partial charge in [0.2, 0.25) is 11.8 Å². The summed E-state index contributed by atoms with van der Waals surface area (Å²) in [6, 6.07) is 8.39. The normalized spacial score (nSPS) is 19.2. The average Bonchev–Trinajstić information content (AvgIpc) is 3.23. The summed E-state index contributed by atoms with van der Waals surface area (Å²) in [4.78, 5) is 46.1. The molecule has 0 radical (unpaired) electrons. The zero-order chi connectivity index (χ0) is 26.0. The predicted octanol–water partition coefficient (Wildman–Crippen LogP) is 4.46. The molecule has 2 aliphatic heterocycles. The third-order valence-electron chi connectivity index (χ3n) is 7.07. The molecule has 0 spiro atoms. The van der Waals surface area contributed by atoms with Gasteiger partial charge < -0.3 is 15.3 Å². The van der Waals surface area contributed by atoms with Crippen LogP contribution in [0.1, 0.15) is 72.6 Å². The van der Waals surface area contributed by atoms with Gasteiger partial charge in [-0.05, 0) is 61.4 Å². The van der Waals surface area contributed by atoms with Crippen molar-refractivity contribution in [1.29, 1.82) is 0 Å². The van der Waals surface area contributed by atoms with Gasteiger partial charge in [0.05, 0.1) is 5.56 Å². The van der Waals surface area contributed by atoms with E-state index in [4.69, 9.17) is 11.6 Å². The molecule has 2 aromatic rings. The molecule has 2 N–H and O–H groups in total. The lowest BCUT2D eigenvalue weighted by Gasteiger charge is -2.39. The fourth-order valence-electron chi connectivity index (χ4n) is 5.08. The van der Waals surface area contributed by atoms with Crippen molar-refractivity contribution in [2.75, 3.05) is 18.4 Å². The molecule has 1 unspecified atom stereocenters. The van der Waals surface area contributed by atoms with E-state index in [1.807, 2.05) is 32.9 Å². The van der Waals surface area contributed by atoms with Crippen LogP contribution in [0.15, 0.2) is 30.3 Å². The zero-order valence-electron chi connectivity index (χ0n) is 21.0. The number of carboxylic acid groups (broad SMARTS) is 1. The Morgan fingerprint density at radius 2 is 1.89 bits per heavy atom. The Morgan fingerprint density at radius 1 is 1.17 bits per heavy atom. The van der Waals surface area contributed by atoms with E-state index < -0.39 is 12.0 Å². The monoisotopic (exact) mass is 512 g/mol. The predicted molar refractivity (Wildman–Crippen MR) is 138 cm³/mol. The summed E-state index contributed by atoms with van der Waals surface area (Å²) in [5.74, 6) is -1.18. The molecule has 3 heterocycles. The molecule has 0 aliphatic carbocycles. The zero-order valence-corrected chi connectivity index (χ0v) is 21.7. The first-order valence-corrected chi connectivity index (χ1v) is 12.8. The maximum absolute atomic E-state index is 13.2. The van der Waals surface area contributed by atoms with Crippen molar-refractivity contribution in [3.63, 3.8) is 0 Å². The average molecular weight is 513 g/mol. The van der Waals surface area contributed by atoms with Gasteiger partial charge in [0.1, 0.15) is 11.9 Å². The first kappa shape index (κ1) is 26.1. The molecule has 0 bridgehead atoms. The molecule has 192 valence electrons. The molecular formula is C27H33ClN4O4. The molecule has 1 aromatic heterocycles. The summed E-state index contributed by atoms with van der Waals surface area (Å²) in [5, 5.41) is 13.0. The maximum Gasteiger partial charge on any atom is 0.335 e. The molecule has 9 heteroatoms. The van der Waals surface area contributed by atoms with Crippen LogP contribution in [0.2, 0.25) is 5.02 Å². The summed E-state index contributed by atoms with van der Waals surface area (Å²) >= 11 is 6.15. The molecule has 4 rings (SSSR count). The van der Waals surface area contributed by atoms with Gasteiger partial charge in [-0.2, -0.15) is 0 Å². The Kier molecular flexibility index (Phi) is 7.95. The number of rotatable bonds is 7. The minimum atomic E-state index is -1.08. The van der Waals surface area contributed by atoms with E-state index in [2.05, 4.69) is 21.3 Å². The number of carbonyl (C=O) groups is 3. The molecule has 36 heavy (non-hydrogen) atoms. The summed E-state index contributed by atoms with van der Waals surface area (Å²) in [5.41, 5.74) is 2.94. The molecule has 8 nitrogen and oxygen atoms in total. The standard InChI is InChI=1S/C27H33ClN4O4/c1-16(2)22-13-19(27(35)36)14-24(29-22)30-26(34)23-6-7-25(33)32(23)20-8-10-31(11-9-20)15-18-4-5-21(28)17(3)12-18/h4-5,12-14,16,20,23H,6-11,15H2,1-3H3,(H,35,36)(H,29,30,34). The molecule has 2 fully saturated rings. The van der Waals surface area contributed by atoms with Crippen molar-refractivity contribution in [2.24, 2.45) is 0 Å². The summed E-state index contributed by atoms with van der Waals surface area (Å²) < 4.78 is 0. The highest BCUT2D eigenvalue weighted by molar-refractivity contribution is 6.31. The second-order valence-corrected chi connectivity index (χ2v) is 10.5. The fraction of sp³-hybridized carbons (Fsp3) is 0.481. The lowest BCUT2D eigenvalue weighted by molar-refractivity contribution is -0.136. The van der Waals surface area contributed by atoms with E-state index in [0.717, 1.165) is 43.1 Å². The second kappa shape index (κ2) is 11.0. The number of hydrogen-bond donors (Lipinski definition) is 2. The van der Waals surface area contributed by atoms with Crippen LogP contribution in [0.4, 0.5) is 5.82 Å². The summed E-state index contributed by atoms with van der Waals surface area (Å²) in [7, 11) is 0. The third kappa shape index (κ3) is 5.87. The van der Waals surface area contributed by atoms with E-state index >= 15 is 0 Å². The van der Waals surface area contributed by atoms with E-state index in [1.165, 1.54) is 17.7 Å². The molecule has 2 aliphatic rings. The van der Waals surface area contributed by atoms with Crippen LogP contribution >= 0.6 is 11.6 Å². The smallest absolute Gasteiger partial charge is 0.335 e. The number of carbonyl (C=O) groups excluding carboxylic acids is 2. The number of piperidine rings is 1. The molecule has 1 atom stereocenters. The number of aromatic carboxylic acids is 1. The van der Waals surface area contributed by atoms with Gasteiger partial charge in [-0.1, -0.05) is 37.6 Å². The van der Waals surface area contributed by atoms with Crippen molar-refractivity contribution < 1.29 is 19.5 Å². The molecule has 1 aromatic carbocycles. The largest absolute Gasteiger partial charge is 0.478 e. The molecule has 0 saturated carbocycles. The number of carboxylic acids is 1. The number of nitrogens with zero attached hydrogens (tertiary/aromatic N) is 3. The number of anilines is 1. The number of nitrogens with one attached hydrogen (secondary N) is 1. The number of aromatic nitrogens is 1. The molecule has 2 saturated heterocycles. The first-order valence-electron chi connectivity index (χ1n) is 12.5. The number of aryl methyl sites for hydroxylation is 1. The maximum atomic E-state index is 13.2. The topological polar surface area (TPSA) is 103 Å². The van der Waals surface area contributed by atoms with Crippen molar-refractivity contribution in [3.05, 3.63) is 57.7 Å². The summed E-state index contributed by atoms with van der Waals surface area (Å²) in [6.45, 7) is 8.33. The van der Waals surface area contributed by atoms with E-state index in [9.17, 15) is 19.5 Å². The number of likely N-dealkylation sites (tertiary alicyclic amines) is 2. The third-order valence-corrected chi connectivity index (χ3v) is 7.50. The van der Waals surface area contributed by atoms with E-state index in [-0.39, 0.29) is 35.2 Å². The second-order valence-electron chi connectivity index (χ2n) is 10.1. The van der Waals surface area contributed by atoms with E-state index in [0.29, 0.717) is 18.5 Å². The van der Waals surface area contributed by atoms with Crippen LogP contribution in [-0.4, -0.2) is 62.8 Å². The minimum absolute atomic E-state index is 0.00274. The Labute approximate surface area is 216 Å². The van der Waals surface area contributed by atoms with Crippen LogP contribution in [-0.2, 0) is 16.1 Å². The van der Waals surface area contributed by atoms with Gasteiger partial charge in [-0.25, -0.2) is 9.78 Å². The van der Waals surface area contributed by atoms with E-state index in [1.54, 1.807) is 4.90 Å². The SMILES string of the molecule is Cc1cc(CN2CCC(N3C(=O)CCC3C(=O)Nc3cc(C(=O)O)cc(C(C)C)n3)CC2)ccc1Cl. The van der Waals surface area contributed by atoms with Crippen LogP contribution in [0.5, 0.6) is 0 Å². The number of amides is 2. The highest BCUT2D eigenvalue weighted by atomic mass is 35.5. The Morgan fingerprint density at radius 3 is 2.53 bits per heavy atom. The fourth-order valence-corrected chi connectivity index (χ4v) is 5.20. The van der Waals surface area contributed by atoms with Gasteiger partial charge in [0.15, 0.2) is 0 Å². The Bertz CT molecular complexity index is 1160. The van der Waals surface area contributed by atoms with Crippen LogP contribution in [0.3, 0.4) is 0 Å². The first-order chi connectivity index (χ1) is 17.1. The van der Waals surface area contributed by atoms with Gasteiger partial charge >= 0.3 is 5.97 Å². The number of benzene rings is 1. The molecular weight excluding hydrogens is 480 g/mol. The lowest BCUT2D eigenvalue weighted by atomic mass is 10.0. The summed E-state index contributed by atoms with van der Waals surface area (Å²) in [6.07, 6.45) is 2.38. The van der Waals surface area contributed by atoms with Crippen molar-refractivity contribution >= 4 is 35.2 Å². The van der Waals surface area contributed by atoms with Crippen molar-refractivity contribution in [1.82, 2.24) is 14.8 Å². The Balaban J connectivity index is 1.41. The number of pyridine rings is 1. The number of hydrogen-bond acceptors (Lipinski definition) is 5. The van der Waals surface area contributed by atoms with Crippen LogP contribution in [0.25, 0.3) is 0 Å². The van der Waals surface area contributed by atoms with Gasteiger partial charge in [0.25, 0.3) is 0 Å². The molecule has 2 amide bonds. The van der Waals surface area contributed by atoms with Crippen LogP contribution < -0.4 is 5.32 Å². The lowest BCUT2D eigenvalue weighted by Crippen LogP contribution is -2.51. The highest BCUT2D eigenvalue weighted by Crippen LogP contribution is 2.29. The highest BCUT2D eigenvalue weighted by Gasteiger charge is 2.41. The van der Waals surface area contributed by atoms with Gasteiger partial charge in [0, 0.05) is 42.8 Å². The van der Waals surface area contributed by atoms with Gasteiger partial charge in [-0.3, -0.25) is 14.5 Å². The van der Waals surface area contributed by atoms with Crippen molar-refractivity contribution in [3.8, 4) is 0 Å². The minimum Gasteiger partial charge on any atom is -0.478 e. The quantitative estimate of drug-likeness (QED) is 0.567. The van der Waals surface area contributed by atoms with Gasteiger partial charge in [-0.15, -0.1) is 0 Å². The number of halogens is 1.